The number of hydrogen-bond acceptors (Lipinski definition) is 3. The van der Waals surface area contributed by atoms with Gasteiger partial charge in [0, 0.05) is 12.8 Å². The van der Waals surface area contributed by atoms with Gasteiger partial charge in [-0.3, -0.25) is 4.79 Å². The number of anilines is 1. The molecular weight excluding hydrogens is 338 g/mol. The largest absolute Gasteiger partial charge is 0.489 e. The lowest BCUT2D eigenvalue weighted by molar-refractivity contribution is -0.143. The zero-order chi connectivity index (χ0) is 19.3. The summed E-state index contributed by atoms with van der Waals surface area (Å²) in [6, 6.07) is 15.8. The Bertz CT molecular complexity index is 774. The third-order valence-electron chi connectivity index (χ3n) is 5.43. The lowest BCUT2D eigenvalue weighted by atomic mass is 9.78. The van der Waals surface area contributed by atoms with Crippen LogP contribution in [0.15, 0.2) is 48.5 Å². The van der Waals surface area contributed by atoms with Gasteiger partial charge >= 0.3 is 0 Å². The van der Waals surface area contributed by atoms with E-state index >= 15 is 0 Å². The van der Waals surface area contributed by atoms with Crippen molar-refractivity contribution in [3.8, 4) is 5.75 Å². The van der Waals surface area contributed by atoms with Crippen LogP contribution < -0.4 is 10.1 Å². The molecule has 3 rings (SSSR count). The Labute approximate surface area is 161 Å². The second kappa shape index (κ2) is 8.57. The molecule has 0 heterocycles. The van der Waals surface area contributed by atoms with E-state index in [1.807, 2.05) is 55.5 Å². The highest BCUT2D eigenvalue weighted by molar-refractivity contribution is 5.97. The van der Waals surface area contributed by atoms with E-state index in [0.29, 0.717) is 12.5 Å². The highest BCUT2D eigenvalue weighted by atomic mass is 16.5. The van der Waals surface area contributed by atoms with Gasteiger partial charge < -0.3 is 14.8 Å². The van der Waals surface area contributed by atoms with Crippen molar-refractivity contribution in [2.24, 2.45) is 5.92 Å². The SMILES string of the molecule is COC1(C(=O)Nc2ccc(OCc3ccccc3)c(C)c2)CCCC(C)C1. The maximum absolute atomic E-state index is 12.9. The van der Waals surface area contributed by atoms with Crippen LogP contribution in [0, 0.1) is 12.8 Å². The number of nitrogens with one attached hydrogen (secondary N) is 1. The van der Waals surface area contributed by atoms with Gasteiger partial charge in [-0.25, -0.2) is 0 Å². The summed E-state index contributed by atoms with van der Waals surface area (Å²) in [6.07, 6.45) is 3.72. The lowest BCUT2D eigenvalue weighted by Gasteiger charge is -2.37. The molecule has 2 unspecified atom stereocenters. The van der Waals surface area contributed by atoms with E-state index in [1.165, 1.54) is 0 Å². The molecule has 1 saturated carbocycles. The van der Waals surface area contributed by atoms with Crippen LogP contribution in [-0.2, 0) is 16.1 Å². The topological polar surface area (TPSA) is 47.6 Å². The minimum atomic E-state index is -0.714. The third kappa shape index (κ3) is 4.69. The smallest absolute Gasteiger partial charge is 0.256 e. The fourth-order valence-corrected chi connectivity index (χ4v) is 3.86. The molecule has 1 aliphatic rings. The summed E-state index contributed by atoms with van der Waals surface area (Å²) in [4.78, 5) is 12.9. The number of carbonyl (C=O) groups is 1. The molecule has 1 N–H and O–H groups in total. The molecule has 0 radical (unpaired) electrons. The molecule has 0 aromatic heterocycles. The van der Waals surface area contributed by atoms with Crippen LogP contribution in [0.2, 0.25) is 0 Å². The molecule has 27 heavy (non-hydrogen) atoms. The Kier molecular flexibility index (Phi) is 6.17. The fourth-order valence-electron chi connectivity index (χ4n) is 3.86. The van der Waals surface area contributed by atoms with Gasteiger partial charge in [-0.15, -0.1) is 0 Å². The Morgan fingerprint density at radius 1 is 1.22 bits per heavy atom. The van der Waals surface area contributed by atoms with E-state index in [-0.39, 0.29) is 5.91 Å². The van der Waals surface area contributed by atoms with E-state index < -0.39 is 5.60 Å². The molecule has 0 saturated heterocycles. The number of rotatable bonds is 6. The molecule has 1 fully saturated rings. The molecular formula is C23H29NO3. The quantitative estimate of drug-likeness (QED) is 0.772. The number of hydrogen-bond donors (Lipinski definition) is 1. The summed E-state index contributed by atoms with van der Waals surface area (Å²) in [5.74, 6) is 1.28. The van der Waals surface area contributed by atoms with Crippen molar-refractivity contribution >= 4 is 11.6 Å². The Morgan fingerprint density at radius 3 is 2.67 bits per heavy atom. The van der Waals surface area contributed by atoms with Crippen molar-refractivity contribution < 1.29 is 14.3 Å². The zero-order valence-electron chi connectivity index (χ0n) is 16.5. The second-order valence-electron chi connectivity index (χ2n) is 7.61. The highest BCUT2D eigenvalue weighted by Crippen LogP contribution is 2.36. The molecule has 4 heteroatoms. The van der Waals surface area contributed by atoms with Crippen molar-refractivity contribution in [3.05, 3.63) is 59.7 Å². The predicted molar refractivity (Wildman–Crippen MR) is 108 cm³/mol. The first kappa shape index (κ1) is 19.4. The number of benzene rings is 2. The number of aryl methyl sites for hydroxylation is 1. The molecule has 2 aromatic carbocycles. The zero-order valence-corrected chi connectivity index (χ0v) is 16.5. The van der Waals surface area contributed by atoms with Gasteiger partial charge in [0.25, 0.3) is 5.91 Å². The molecule has 0 bridgehead atoms. The second-order valence-corrected chi connectivity index (χ2v) is 7.61. The Balaban J connectivity index is 1.65. The lowest BCUT2D eigenvalue weighted by Crippen LogP contribution is -2.47. The molecule has 0 spiro atoms. The maximum Gasteiger partial charge on any atom is 0.256 e. The van der Waals surface area contributed by atoms with Crippen molar-refractivity contribution in [2.75, 3.05) is 12.4 Å². The summed E-state index contributed by atoms with van der Waals surface area (Å²) in [5.41, 5.74) is 2.18. The highest BCUT2D eigenvalue weighted by Gasteiger charge is 2.42. The van der Waals surface area contributed by atoms with Gasteiger partial charge in [-0.05, 0) is 61.4 Å². The van der Waals surface area contributed by atoms with E-state index in [2.05, 4.69) is 12.2 Å². The van der Waals surface area contributed by atoms with Gasteiger partial charge in [0.15, 0.2) is 0 Å². The van der Waals surface area contributed by atoms with E-state index in [4.69, 9.17) is 9.47 Å². The van der Waals surface area contributed by atoms with Crippen LogP contribution >= 0.6 is 0 Å². The molecule has 2 atom stereocenters. The number of ether oxygens (including phenoxy) is 2. The summed E-state index contributed by atoms with van der Waals surface area (Å²) >= 11 is 0. The Morgan fingerprint density at radius 2 is 2.00 bits per heavy atom. The van der Waals surface area contributed by atoms with E-state index in [0.717, 1.165) is 48.2 Å². The Hall–Kier alpha value is -2.33. The number of amides is 1. The summed E-state index contributed by atoms with van der Waals surface area (Å²) in [6.45, 7) is 4.70. The van der Waals surface area contributed by atoms with Crippen LogP contribution in [0.1, 0.15) is 43.7 Å². The fraction of sp³-hybridized carbons (Fsp3) is 0.435. The van der Waals surface area contributed by atoms with Crippen LogP contribution in [0.3, 0.4) is 0 Å². The van der Waals surface area contributed by atoms with Crippen molar-refractivity contribution in [1.82, 2.24) is 0 Å². The molecule has 1 amide bonds. The van der Waals surface area contributed by atoms with Gasteiger partial charge in [-0.2, -0.15) is 0 Å². The summed E-state index contributed by atoms with van der Waals surface area (Å²) < 4.78 is 11.6. The summed E-state index contributed by atoms with van der Waals surface area (Å²) in [7, 11) is 1.64. The first-order valence-electron chi connectivity index (χ1n) is 9.66. The molecule has 144 valence electrons. The first-order chi connectivity index (χ1) is 13.0. The van der Waals surface area contributed by atoms with E-state index in [1.54, 1.807) is 7.11 Å². The normalized spacial score (nSPS) is 22.3. The minimum Gasteiger partial charge on any atom is -0.489 e. The average molecular weight is 367 g/mol. The average Bonchev–Trinajstić information content (AvgIpc) is 2.68. The van der Waals surface area contributed by atoms with Crippen molar-refractivity contribution in [1.29, 1.82) is 0 Å². The molecule has 1 aliphatic carbocycles. The van der Waals surface area contributed by atoms with Crippen LogP contribution in [-0.4, -0.2) is 18.6 Å². The van der Waals surface area contributed by atoms with Crippen molar-refractivity contribution in [2.45, 2.75) is 51.7 Å². The van der Waals surface area contributed by atoms with Gasteiger partial charge in [0.05, 0.1) is 0 Å². The first-order valence-corrected chi connectivity index (χ1v) is 9.66. The van der Waals surface area contributed by atoms with Gasteiger partial charge in [0.2, 0.25) is 0 Å². The third-order valence-corrected chi connectivity index (χ3v) is 5.43. The van der Waals surface area contributed by atoms with Crippen LogP contribution in [0.5, 0.6) is 5.75 Å². The number of methoxy groups -OCH3 is 1. The standard InChI is InChI=1S/C23H29NO3/c1-17-8-7-13-23(15-17,26-3)22(25)24-20-11-12-21(18(2)14-20)27-16-19-9-5-4-6-10-19/h4-6,9-12,14,17H,7-8,13,15-16H2,1-3H3,(H,24,25). The predicted octanol–water partition coefficient (Wildman–Crippen LogP) is 5.11. The van der Waals surface area contributed by atoms with Gasteiger partial charge in [-0.1, -0.05) is 43.7 Å². The molecule has 2 aromatic rings. The van der Waals surface area contributed by atoms with Crippen molar-refractivity contribution in [3.63, 3.8) is 0 Å². The monoisotopic (exact) mass is 367 g/mol. The summed E-state index contributed by atoms with van der Waals surface area (Å²) in [5, 5.41) is 3.05. The molecule has 4 nitrogen and oxygen atoms in total. The van der Waals surface area contributed by atoms with Crippen LogP contribution in [0.25, 0.3) is 0 Å². The van der Waals surface area contributed by atoms with E-state index in [9.17, 15) is 4.79 Å². The molecule has 0 aliphatic heterocycles. The van der Waals surface area contributed by atoms with Gasteiger partial charge in [0.1, 0.15) is 18.0 Å². The van der Waals surface area contributed by atoms with Crippen LogP contribution in [0.4, 0.5) is 5.69 Å². The number of carbonyl (C=O) groups excluding carboxylic acids is 1. The minimum absolute atomic E-state index is 0.0473. The maximum atomic E-state index is 12.9.